The van der Waals surface area contributed by atoms with E-state index in [9.17, 15) is 4.79 Å². The van der Waals surface area contributed by atoms with Gasteiger partial charge in [-0.3, -0.25) is 4.90 Å². The Kier molecular flexibility index (Phi) is 4.18. The summed E-state index contributed by atoms with van der Waals surface area (Å²) < 4.78 is 5.40. The normalized spacial score (nSPS) is 15.5. The maximum atomic E-state index is 12.1. The molecule has 1 aromatic heterocycles. The lowest BCUT2D eigenvalue weighted by molar-refractivity contribution is 0.256. The third-order valence-electron chi connectivity index (χ3n) is 4.71. The summed E-state index contributed by atoms with van der Waals surface area (Å²) in [5, 5.41) is 0. The number of hydrogen-bond acceptors (Lipinski definition) is 4. The van der Waals surface area contributed by atoms with Crippen LogP contribution in [-0.4, -0.2) is 6.03 Å². The van der Waals surface area contributed by atoms with Crippen LogP contribution in [-0.2, 0) is 0 Å². The Bertz CT molecular complexity index is 1010. The van der Waals surface area contributed by atoms with Gasteiger partial charge in [0, 0.05) is 17.5 Å². The maximum Gasteiger partial charge on any atom is 0.323 e. The zero-order valence-corrected chi connectivity index (χ0v) is 14.9. The number of anilines is 3. The number of benzene rings is 2. The van der Waals surface area contributed by atoms with Crippen molar-refractivity contribution in [2.75, 3.05) is 9.80 Å². The van der Waals surface area contributed by atoms with Crippen molar-refractivity contribution in [2.45, 2.75) is 13.1 Å². The average molecular weight is 360 g/mol. The minimum Gasteiger partial charge on any atom is -0.465 e. The summed E-state index contributed by atoms with van der Waals surface area (Å²) in [7, 11) is 0. The highest BCUT2D eigenvalue weighted by Crippen LogP contribution is 2.34. The largest absolute Gasteiger partial charge is 0.465 e. The van der Waals surface area contributed by atoms with Crippen LogP contribution in [0.3, 0.4) is 0 Å². The zero-order chi connectivity index (χ0) is 19.0. The first-order valence-corrected chi connectivity index (χ1v) is 8.61. The minimum atomic E-state index is -0.533. The standard InChI is InChI=1S/C21H20N4O2/c1-14-4-2-3-5-18(14)25(21(23)26)16-8-6-15(7-9-16)24-12-10-19-17(20(24)22)11-13-27-19/h2-13,20H,22H2,1H3,(H2,23,26). The average Bonchev–Trinajstić information content (AvgIpc) is 3.14. The summed E-state index contributed by atoms with van der Waals surface area (Å²) in [6, 6.07) is 16.5. The van der Waals surface area contributed by atoms with E-state index < -0.39 is 6.03 Å². The van der Waals surface area contributed by atoms with Gasteiger partial charge < -0.3 is 20.8 Å². The molecule has 4 N–H and O–H groups in total. The van der Waals surface area contributed by atoms with Crippen molar-refractivity contribution in [1.82, 2.24) is 0 Å². The quantitative estimate of drug-likeness (QED) is 0.731. The molecule has 1 atom stereocenters. The number of carbonyl (C=O) groups excluding carboxylic acids is 1. The lowest BCUT2D eigenvalue weighted by atomic mass is 10.1. The molecule has 0 bridgehead atoms. The molecule has 2 amide bonds. The first-order valence-electron chi connectivity index (χ1n) is 8.61. The number of fused-ring (bicyclic) bond motifs is 1. The molecule has 2 aromatic carbocycles. The number of urea groups is 1. The number of hydrogen-bond donors (Lipinski definition) is 2. The Morgan fingerprint density at radius 1 is 1.11 bits per heavy atom. The lowest BCUT2D eigenvalue weighted by Crippen LogP contribution is -2.33. The molecule has 4 rings (SSSR count). The molecule has 0 spiro atoms. The van der Waals surface area contributed by atoms with Crippen molar-refractivity contribution < 1.29 is 9.21 Å². The maximum absolute atomic E-state index is 12.1. The third kappa shape index (κ3) is 2.96. The Morgan fingerprint density at radius 3 is 2.56 bits per heavy atom. The first-order chi connectivity index (χ1) is 13.1. The Hall–Kier alpha value is -3.51. The lowest BCUT2D eigenvalue weighted by Gasteiger charge is -2.30. The van der Waals surface area contributed by atoms with Gasteiger partial charge >= 0.3 is 6.03 Å². The van der Waals surface area contributed by atoms with Gasteiger partial charge in [0.15, 0.2) is 0 Å². The van der Waals surface area contributed by atoms with Gasteiger partial charge in [-0.05, 0) is 55.0 Å². The van der Waals surface area contributed by atoms with Gasteiger partial charge in [0.05, 0.1) is 17.6 Å². The number of nitrogens with two attached hydrogens (primary N) is 2. The molecule has 6 heteroatoms. The van der Waals surface area contributed by atoms with Crippen LogP contribution in [0.2, 0.25) is 0 Å². The van der Waals surface area contributed by atoms with Crippen molar-refractivity contribution in [2.24, 2.45) is 11.5 Å². The third-order valence-corrected chi connectivity index (χ3v) is 4.71. The fourth-order valence-electron chi connectivity index (χ4n) is 3.32. The fourth-order valence-corrected chi connectivity index (χ4v) is 3.32. The summed E-state index contributed by atoms with van der Waals surface area (Å²) in [6.45, 7) is 1.94. The molecule has 0 radical (unpaired) electrons. The van der Waals surface area contributed by atoms with E-state index in [2.05, 4.69) is 0 Å². The van der Waals surface area contributed by atoms with E-state index >= 15 is 0 Å². The monoisotopic (exact) mass is 360 g/mol. The molecule has 0 saturated carbocycles. The first kappa shape index (κ1) is 16.9. The summed E-state index contributed by atoms with van der Waals surface area (Å²) in [6.07, 6.45) is 5.07. The molecule has 0 aliphatic carbocycles. The molecular formula is C21H20N4O2. The summed E-state index contributed by atoms with van der Waals surface area (Å²) >= 11 is 0. The molecule has 0 saturated heterocycles. The van der Waals surface area contributed by atoms with Crippen molar-refractivity contribution in [3.8, 4) is 0 Å². The van der Waals surface area contributed by atoms with Gasteiger partial charge in [0.1, 0.15) is 11.9 Å². The summed E-state index contributed by atoms with van der Waals surface area (Å²) in [4.78, 5) is 15.5. The smallest absolute Gasteiger partial charge is 0.323 e. The van der Waals surface area contributed by atoms with Gasteiger partial charge in [-0.25, -0.2) is 4.79 Å². The number of rotatable bonds is 3. The second kappa shape index (κ2) is 6.66. The van der Waals surface area contributed by atoms with Crippen LogP contribution in [0.1, 0.15) is 23.1 Å². The van der Waals surface area contributed by atoms with Crippen LogP contribution in [0.15, 0.2) is 71.5 Å². The second-order valence-electron chi connectivity index (χ2n) is 6.38. The SMILES string of the molecule is Cc1ccccc1N(C(N)=O)c1ccc(N2C=Cc3occc3C2N)cc1. The van der Waals surface area contributed by atoms with E-state index in [1.807, 2.05) is 78.7 Å². The van der Waals surface area contributed by atoms with E-state index in [1.165, 1.54) is 4.90 Å². The molecule has 3 aromatic rings. The molecule has 1 aliphatic heterocycles. The topological polar surface area (TPSA) is 88.7 Å². The van der Waals surface area contributed by atoms with Crippen molar-refractivity contribution in [1.29, 1.82) is 0 Å². The van der Waals surface area contributed by atoms with E-state index in [-0.39, 0.29) is 6.17 Å². The molecule has 27 heavy (non-hydrogen) atoms. The number of carbonyl (C=O) groups is 1. The number of furan rings is 1. The molecule has 1 unspecified atom stereocenters. The molecule has 0 fully saturated rings. The number of nitrogens with zero attached hydrogens (tertiary/aromatic N) is 2. The Morgan fingerprint density at radius 2 is 1.85 bits per heavy atom. The molecule has 136 valence electrons. The van der Waals surface area contributed by atoms with E-state index in [1.54, 1.807) is 6.26 Å². The molecule has 2 heterocycles. The number of primary amides is 1. The minimum absolute atomic E-state index is 0.335. The van der Waals surface area contributed by atoms with Crippen LogP contribution < -0.4 is 21.3 Å². The van der Waals surface area contributed by atoms with Crippen LogP contribution in [0.25, 0.3) is 6.08 Å². The van der Waals surface area contributed by atoms with Crippen LogP contribution >= 0.6 is 0 Å². The van der Waals surface area contributed by atoms with Crippen LogP contribution in [0, 0.1) is 6.92 Å². The van der Waals surface area contributed by atoms with E-state index in [4.69, 9.17) is 15.9 Å². The second-order valence-corrected chi connectivity index (χ2v) is 6.38. The van der Waals surface area contributed by atoms with E-state index in [0.29, 0.717) is 5.69 Å². The summed E-state index contributed by atoms with van der Waals surface area (Å²) in [5.74, 6) is 0.773. The fraction of sp³-hybridized carbons (Fsp3) is 0.0952. The summed E-state index contributed by atoms with van der Waals surface area (Å²) in [5.41, 5.74) is 16.3. The molecule has 1 aliphatic rings. The van der Waals surface area contributed by atoms with Crippen LogP contribution in [0.5, 0.6) is 0 Å². The molecular weight excluding hydrogens is 340 g/mol. The highest BCUT2D eigenvalue weighted by molar-refractivity contribution is 5.99. The van der Waals surface area contributed by atoms with Gasteiger partial charge in [-0.2, -0.15) is 0 Å². The number of amides is 2. The van der Waals surface area contributed by atoms with Gasteiger partial charge in [0.25, 0.3) is 0 Å². The highest BCUT2D eigenvalue weighted by Gasteiger charge is 2.23. The van der Waals surface area contributed by atoms with Crippen LogP contribution in [0.4, 0.5) is 21.9 Å². The Balaban J connectivity index is 1.66. The highest BCUT2D eigenvalue weighted by atomic mass is 16.3. The zero-order valence-electron chi connectivity index (χ0n) is 14.9. The van der Waals surface area contributed by atoms with Crippen molar-refractivity contribution in [3.05, 3.63) is 83.9 Å². The molecule has 6 nitrogen and oxygen atoms in total. The van der Waals surface area contributed by atoms with Gasteiger partial charge in [-0.15, -0.1) is 0 Å². The predicted octanol–water partition coefficient (Wildman–Crippen LogP) is 4.25. The number of aryl methyl sites for hydroxylation is 1. The Labute approximate surface area is 157 Å². The van der Waals surface area contributed by atoms with Crippen molar-refractivity contribution >= 4 is 29.2 Å². The van der Waals surface area contributed by atoms with E-state index in [0.717, 1.165) is 28.3 Å². The van der Waals surface area contributed by atoms with Crippen molar-refractivity contribution in [3.63, 3.8) is 0 Å². The predicted molar refractivity (Wildman–Crippen MR) is 106 cm³/mol. The van der Waals surface area contributed by atoms with Gasteiger partial charge in [0.2, 0.25) is 0 Å². The van der Waals surface area contributed by atoms with Gasteiger partial charge in [-0.1, -0.05) is 18.2 Å². The number of para-hydroxylation sites is 1.